The van der Waals surface area contributed by atoms with E-state index >= 15 is 0 Å². The van der Waals surface area contributed by atoms with E-state index in [-0.39, 0.29) is 0 Å². The first-order valence-electron chi connectivity index (χ1n) is 5.63. The van der Waals surface area contributed by atoms with Gasteiger partial charge in [-0.15, -0.1) is 11.3 Å². The lowest BCUT2D eigenvalue weighted by atomic mass is 10.0. The van der Waals surface area contributed by atoms with E-state index in [1.807, 2.05) is 5.51 Å². The molecule has 1 unspecified atom stereocenters. The molecule has 1 aromatic rings. The van der Waals surface area contributed by atoms with Crippen molar-refractivity contribution in [3.63, 3.8) is 0 Å². The highest BCUT2D eigenvalue weighted by molar-refractivity contribution is 7.07. The lowest BCUT2D eigenvalue weighted by Gasteiger charge is -2.27. The lowest BCUT2D eigenvalue weighted by molar-refractivity contribution is 0.255. The molecule has 0 saturated carbocycles. The van der Waals surface area contributed by atoms with Crippen molar-refractivity contribution < 1.29 is 0 Å². The number of piperidine rings is 1. The summed E-state index contributed by atoms with van der Waals surface area (Å²) in [4.78, 5) is 6.66. The molecule has 1 N–H and O–H groups in total. The fraction of sp³-hybridized carbons (Fsp3) is 0.727. The number of thiazole rings is 1. The van der Waals surface area contributed by atoms with Crippen molar-refractivity contribution in [3.05, 3.63) is 16.6 Å². The molecule has 0 amide bonds. The van der Waals surface area contributed by atoms with E-state index in [0.29, 0.717) is 6.04 Å². The molecule has 1 aliphatic heterocycles. The van der Waals surface area contributed by atoms with Crippen LogP contribution in [0.25, 0.3) is 0 Å². The highest BCUT2D eigenvalue weighted by Crippen LogP contribution is 2.10. The molecule has 84 valence electrons. The van der Waals surface area contributed by atoms with E-state index in [1.54, 1.807) is 11.3 Å². The first-order valence-corrected chi connectivity index (χ1v) is 6.58. The van der Waals surface area contributed by atoms with Crippen LogP contribution in [-0.4, -0.2) is 36.1 Å². The van der Waals surface area contributed by atoms with E-state index in [0.717, 1.165) is 13.1 Å². The molecule has 1 atom stereocenters. The van der Waals surface area contributed by atoms with Crippen LogP contribution in [0.4, 0.5) is 0 Å². The summed E-state index contributed by atoms with van der Waals surface area (Å²) >= 11 is 1.67. The second-order valence-corrected chi connectivity index (χ2v) is 5.04. The average Bonchev–Trinajstić information content (AvgIpc) is 2.71. The zero-order chi connectivity index (χ0) is 10.5. The normalized spacial score (nSPS) is 22.1. The van der Waals surface area contributed by atoms with Gasteiger partial charge in [0, 0.05) is 24.5 Å². The third-order valence-corrected chi connectivity index (χ3v) is 3.50. The van der Waals surface area contributed by atoms with Gasteiger partial charge in [-0.3, -0.25) is 4.90 Å². The summed E-state index contributed by atoms with van der Waals surface area (Å²) in [5, 5.41) is 5.70. The van der Waals surface area contributed by atoms with Gasteiger partial charge in [-0.05, 0) is 26.4 Å². The fourth-order valence-electron chi connectivity index (χ4n) is 2.11. The monoisotopic (exact) mass is 225 g/mol. The lowest BCUT2D eigenvalue weighted by Crippen LogP contribution is -2.42. The van der Waals surface area contributed by atoms with Crippen LogP contribution in [0.15, 0.2) is 10.9 Å². The Balaban J connectivity index is 1.74. The number of nitrogens with one attached hydrogen (secondary N) is 1. The van der Waals surface area contributed by atoms with Crippen LogP contribution in [-0.2, 0) is 6.54 Å². The molecular formula is C11H19N3S. The molecule has 0 spiro atoms. The summed E-state index contributed by atoms with van der Waals surface area (Å²) in [5.74, 6) is 0. The maximum atomic E-state index is 4.31. The number of nitrogens with zero attached hydrogens (tertiary/aromatic N) is 2. The predicted octanol–water partition coefficient (Wildman–Crippen LogP) is 1.72. The predicted molar refractivity (Wildman–Crippen MR) is 64.1 cm³/mol. The summed E-state index contributed by atoms with van der Waals surface area (Å²) in [5.41, 5.74) is 3.10. The summed E-state index contributed by atoms with van der Waals surface area (Å²) < 4.78 is 0. The third-order valence-electron chi connectivity index (χ3n) is 2.86. The molecule has 4 heteroatoms. The van der Waals surface area contributed by atoms with Crippen molar-refractivity contribution in [2.24, 2.45) is 0 Å². The van der Waals surface area contributed by atoms with E-state index < -0.39 is 0 Å². The molecule has 1 aromatic heterocycles. The standard InChI is InChI=1S/C11H19N3S/c1-14(7-11-8-15-9-13-11)6-10-4-2-3-5-12-10/h8-10,12H,2-7H2,1H3. The molecule has 0 bridgehead atoms. The minimum Gasteiger partial charge on any atom is -0.313 e. The van der Waals surface area contributed by atoms with Crippen LogP contribution in [0, 0.1) is 0 Å². The molecule has 1 aliphatic rings. The second kappa shape index (κ2) is 5.58. The Kier molecular flexibility index (Phi) is 4.11. The van der Waals surface area contributed by atoms with E-state index in [4.69, 9.17) is 0 Å². The van der Waals surface area contributed by atoms with Crippen LogP contribution in [0.3, 0.4) is 0 Å². The van der Waals surface area contributed by atoms with Gasteiger partial charge in [0.2, 0.25) is 0 Å². The zero-order valence-electron chi connectivity index (χ0n) is 9.28. The second-order valence-electron chi connectivity index (χ2n) is 4.32. The molecule has 0 radical (unpaired) electrons. The molecule has 1 saturated heterocycles. The van der Waals surface area contributed by atoms with Gasteiger partial charge >= 0.3 is 0 Å². The van der Waals surface area contributed by atoms with Crippen molar-refractivity contribution in [1.82, 2.24) is 15.2 Å². The summed E-state index contributed by atoms with van der Waals surface area (Å²) in [7, 11) is 2.18. The zero-order valence-corrected chi connectivity index (χ0v) is 10.1. The number of hydrogen-bond donors (Lipinski definition) is 1. The molecule has 15 heavy (non-hydrogen) atoms. The molecule has 2 rings (SSSR count). The van der Waals surface area contributed by atoms with Gasteiger partial charge in [0.25, 0.3) is 0 Å². The van der Waals surface area contributed by atoms with Crippen LogP contribution in [0.1, 0.15) is 25.0 Å². The van der Waals surface area contributed by atoms with Gasteiger partial charge in [-0.1, -0.05) is 6.42 Å². The minimum atomic E-state index is 0.683. The Morgan fingerprint density at radius 3 is 3.20 bits per heavy atom. The van der Waals surface area contributed by atoms with Gasteiger partial charge in [0.05, 0.1) is 11.2 Å². The summed E-state index contributed by atoms with van der Waals surface area (Å²) in [6.07, 6.45) is 4.04. The van der Waals surface area contributed by atoms with Gasteiger partial charge in [0.15, 0.2) is 0 Å². The molecule has 0 aromatic carbocycles. The highest BCUT2D eigenvalue weighted by atomic mass is 32.1. The Hall–Kier alpha value is -0.450. The van der Waals surface area contributed by atoms with Crippen LogP contribution < -0.4 is 5.32 Å². The number of rotatable bonds is 4. The number of likely N-dealkylation sites (N-methyl/N-ethyl adjacent to an activating group) is 1. The maximum absolute atomic E-state index is 4.31. The Labute approximate surface area is 95.5 Å². The average molecular weight is 225 g/mol. The quantitative estimate of drug-likeness (QED) is 0.845. The van der Waals surface area contributed by atoms with E-state index in [9.17, 15) is 0 Å². The first-order chi connectivity index (χ1) is 7.34. The summed E-state index contributed by atoms with van der Waals surface area (Å²) in [6.45, 7) is 3.30. The van der Waals surface area contributed by atoms with Gasteiger partial charge < -0.3 is 5.32 Å². The molecule has 2 heterocycles. The van der Waals surface area contributed by atoms with Crippen molar-refractivity contribution in [3.8, 4) is 0 Å². The summed E-state index contributed by atoms with van der Waals surface area (Å²) in [6, 6.07) is 0.683. The van der Waals surface area contributed by atoms with E-state index in [1.165, 1.54) is 31.5 Å². The third kappa shape index (κ3) is 3.55. The molecule has 0 aliphatic carbocycles. The molecule has 1 fully saturated rings. The maximum Gasteiger partial charge on any atom is 0.0795 e. The Bertz CT molecular complexity index is 267. The smallest absolute Gasteiger partial charge is 0.0795 e. The van der Waals surface area contributed by atoms with Crippen LogP contribution in [0.2, 0.25) is 0 Å². The molecular weight excluding hydrogens is 206 g/mol. The number of hydrogen-bond acceptors (Lipinski definition) is 4. The fourth-order valence-corrected chi connectivity index (χ4v) is 2.66. The first kappa shape index (κ1) is 11.0. The Morgan fingerprint density at radius 2 is 2.53 bits per heavy atom. The van der Waals surface area contributed by atoms with Crippen LogP contribution in [0.5, 0.6) is 0 Å². The van der Waals surface area contributed by atoms with Crippen LogP contribution >= 0.6 is 11.3 Å². The van der Waals surface area contributed by atoms with Crippen molar-refractivity contribution in [1.29, 1.82) is 0 Å². The van der Waals surface area contributed by atoms with Crippen molar-refractivity contribution >= 4 is 11.3 Å². The van der Waals surface area contributed by atoms with Gasteiger partial charge in [0.1, 0.15) is 0 Å². The van der Waals surface area contributed by atoms with Gasteiger partial charge in [-0.2, -0.15) is 0 Å². The SMILES string of the molecule is CN(Cc1cscn1)CC1CCCCN1. The largest absolute Gasteiger partial charge is 0.313 e. The highest BCUT2D eigenvalue weighted by Gasteiger charge is 2.14. The number of aromatic nitrogens is 1. The Morgan fingerprint density at radius 1 is 1.60 bits per heavy atom. The van der Waals surface area contributed by atoms with Gasteiger partial charge in [-0.25, -0.2) is 4.98 Å². The van der Waals surface area contributed by atoms with E-state index in [2.05, 4.69) is 27.6 Å². The molecule has 3 nitrogen and oxygen atoms in total. The van der Waals surface area contributed by atoms with Crippen molar-refractivity contribution in [2.75, 3.05) is 20.1 Å². The topological polar surface area (TPSA) is 28.2 Å². The van der Waals surface area contributed by atoms with Crippen molar-refractivity contribution in [2.45, 2.75) is 31.8 Å². The minimum absolute atomic E-state index is 0.683.